The molecule has 0 aromatic heterocycles. The van der Waals surface area contributed by atoms with Crippen LogP contribution < -0.4 is 14.8 Å². The van der Waals surface area contributed by atoms with E-state index in [1.807, 2.05) is 0 Å². The number of Topliss-reactive ketones (excluding diaryl/α,β-unsaturated/α-hetero) is 1. The first-order valence-electron chi connectivity index (χ1n) is 10.6. The van der Waals surface area contributed by atoms with Crippen LogP contribution >= 0.6 is 11.8 Å². The first-order valence-corrected chi connectivity index (χ1v) is 11.6. The van der Waals surface area contributed by atoms with Crippen LogP contribution in [0.25, 0.3) is 0 Å². The van der Waals surface area contributed by atoms with Crippen molar-refractivity contribution in [2.45, 2.75) is 17.9 Å². The Hall–Kier alpha value is -3.85. The standard InChI is InChI=1S/C26H24FNO6S/c1-16(25(30)20-13-12-19(32-2)14-22(20)33-3)34-26(31)21-6-4-5-7-23(21)35-15-24(29)28-18-10-8-17(27)9-11-18/h4-14,16H,15H2,1-3H3,(H,28,29). The third kappa shape index (κ3) is 6.83. The van der Waals surface area contributed by atoms with E-state index in [1.54, 1.807) is 42.5 Å². The Kier molecular flexibility index (Phi) is 8.86. The summed E-state index contributed by atoms with van der Waals surface area (Å²) in [6.07, 6.45) is -1.08. The summed E-state index contributed by atoms with van der Waals surface area (Å²) in [5.41, 5.74) is 0.952. The SMILES string of the molecule is COc1ccc(C(=O)C(C)OC(=O)c2ccccc2SCC(=O)Nc2ccc(F)cc2)c(OC)c1. The summed E-state index contributed by atoms with van der Waals surface area (Å²) in [5, 5.41) is 2.66. The molecule has 0 bridgehead atoms. The van der Waals surface area contributed by atoms with Gasteiger partial charge in [0.1, 0.15) is 17.3 Å². The van der Waals surface area contributed by atoms with Crippen LogP contribution in [0.5, 0.6) is 11.5 Å². The van der Waals surface area contributed by atoms with E-state index in [0.29, 0.717) is 22.1 Å². The second kappa shape index (κ2) is 12.0. The van der Waals surface area contributed by atoms with Crippen molar-refractivity contribution in [1.29, 1.82) is 0 Å². The van der Waals surface area contributed by atoms with Gasteiger partial charge >= 0.3 is 5.97 Å². The molecule has 0 saturated carbocycles. The number of ketones is 1. The van der Waals surface area contributed by atoms with Gasteiger partial charge in [-0.3, -0.25) is 9.59 Å². The molecule has 1 N–H and O–H groups in total. The fourth-order valence-corrected chi connectivity index (χ4v) is 3.97. The number of carbonyl (C=O) groups excluding carboxylic acids is 3. The van der Waals surface area contributed by atoms with Crippen LogP contribution in [-0.4, -0.2) is 43.7 Å². The highest BCUT2D eigenvalue weighted by Crippen LogP contribution is 2.27. The number of rotatable bonds is 10. The number of hydrogen-bond acceptors (Lipinski definition) is 7. The Morgan fingerprint density at radius 2 is 1.66 bits per heavy atom. The fraction of sp³-hybridized carbons (Fsp3) is 0.192. The zero-order valence-electron chi connectivity index (χ0n) is 19.4. The van der Waals surface area contributed by atoms with Crippen LogP contribution in [0.15, 0.2) is 71.6 Å². The van der Waals surface area contributed by atoms with E-state index in [4.69, 9.17) is 14.2 Å². The largest absolute Gasteiger partial charge is 0.497 e. The Morgan fingerprint density at radius 1 is 0.943 bits per heavy atom. The summed E-state index contributed by atoms with van der Waals surface area (Å²) in [4.78, 5) is 38.6. The maximum absolute atomic E-state index is 13.0. The summed E-state index contributed by atoms with van der Waals surface area (Å²) in [6, 6.07) is 16.8. The molecular formula is C26H24FNO6S. The maximum Gasteiger partial charge on any atom is 0.339 e. The molecule has 182 valence electrons. The molecule has 0 saturated heterocycles. The van der Waals surface area contributed by atoms with Gasteiger partial charge in [0, 0.05) is 16.6 Å². The molecular weight excluding hydrogens is 473 g/mol. The van der Waals surface area contributed by atoms with Gasteiger partial charge in [0.15, 0.2) is 6.10 Å². The molecule has 0 aliphatic carbocycles. The molecule has 0 fully saturated rings. The highest BCUT2D eigenvalue weighted by Gasteiger charge is 2.25. The molecule has 0 radical (unpaired) electrons. The second-order valence-corrected chi connectivity index (χ2v) is 8.34. The summed E-state index contributed by atoms with van der Waals surface area (Å²) in [7, 11) is 2.94. The highest BCUT2D eigenvalue weighted by atomic mass is 32.2. The number of carbonyl (C=O) groups is 3. The molecule has 35 heavy (non-hydrogen) atoms. The quantitative estimate of drug-likeness (QED) is 0.239. The van der Waals surface area contributed by atoms with Gasteiger partial charge in [-0.15, -0.1) is 11.8 Å². The monoisotopic (exact) mass is 497 g/mol. The third-order valence-corrected chi connectivity index (χ3v) is 5.99. The predicted octanol–water partition coefficient (Wildman–Crippen LogP) is 5.00. The minimum Gasteiger partial charge on any atom is -0.497 e. The van der Waals surface area contributed by atoms with Gasteiger partial charge in [-0.2, -0.15) is 0 Å². The molecule has 9 heteroatoms. The highest BCUT2D eigenvalue weighted by molar-refractivity contribution is 8.00. The van der Waals surface area contributed by atoms with E-state index >= 15 is 0 Å². The number of thioether (sulfide) groups is 1. The third-order valence-electron chi connectivity index (χ3n) is 4.92. The average Bonchev–Trinajstić information content (AvgIpc) is 2.88. The van der Waals surface area contributed by atoms with Crippen molar-refractivity contribution in [3.8, 4) is 11.5 Å². The van der Waals surface area contributed by atoms with Gasteiger partial charge in [0.05, 0.1) is 31.1 Å². The minimum absolute atomic E-state index is 0.0131. The van der Waals surface area contributed by atoms with E-state index in [9.17, 15) is 18.8 Å². The van der Waals surface area contributed by atoms with Crippen molar-refractivity contribution in [1.82, 2.24) is 0 Å². The van der Waals surface area contributed by atoms with E-state index in [2.05, 4.69) is 5.32 Å². The van der Waals surface area contributed by atoms with Gasteiger partial charge in [-0.05, 0) is 55.5 Å². The van der Waals surface area contributed by atoms with Crippen LogP contribution in [0.2, 0.25) is 0 Å². The van der Waals surface area contributed by atoms with Gasteiger partial charge in [-0.1, -0.05) is 12.1 Å². The Balaban J connectivity index is 1.65. The lowest BCUT2D eigenvalue weighted by molar-refractivity contribution is -0.113. The molecule has 0 spiro atoms. The molecule has 3 aromatic carbocycles. The minimum atomic E-state index is -1.08. The summed E-state index contributed by atoms with van der Waals surface area (Å²) in [6.45, 7) is 1.48. The Morgan fingerprint density at radius 3 is 2.34 bits per heavy atom. The fourth-order valence-electron chi connectivity index (χ4n) is 3.13. The van der Waals surface area contributed by atoms with E-state index in [1.165, 1.54) is 45.4 Å². The molecule has 0 aliphatic rings. The molecule has 1 unspecified atom stereocenters. The van der Waals surface area contributed by atoms with E-state index < -0.39 is 23.7 Å². The first-order chi connectivity index (χ1) is 16.8. The molecule has 0 aliphatic heterocycles. The molecule has 3 rings (SSSR count). The summed E-state index contributed by atoms with van der Waals surface area (Å²) < 4.78 is 28.9. The lowest BCUT2D eigenvalue weighted by Crippen LogP contribution is -2.25. The Bertz CT molecular complexity index is 1210. The number of hydrogen-bond donors (Lipinski definition) is 1. The lowest BCUT2D eigenvalue weighted by Gasteiger charge is -2.16. The maximum atomic E-state index is 13.0. The number of esters is 1. The van der Waals surface area contributed by atoms with Crippen molar-refractivity contribution < 1.29 is 33.0 Å². The van der Waals surface area contributed by atoms with Gasteiger partial charge < -0.3 is 19.5 Å². The van der Waals surface area contributed by atoms with Gasteiger partial charge in [-0.25, -0.2) is 9.18 Å². The van der Waals surface area contributed by atoms with Gasteiger partial charge in [0.2, 0.25) is 11.7 Å². The van der Waals surface area contributed by atoms with E-state index in [-0.39, 0.29) is 22.8 Å². The summed E-state index contributed by atoms with van der Waals surface area (Å²) >= 11 is 1.14. The van der Waals surface area contributed by atoms with Crippen LogP contribution in [0.1, 0.15) is 27.6 Å². The van der Waals surface area contributed by atoms with Crippen LogP contribution in [0.3, 0.4) is 0 Å². The van der Waals surface area contributed by atoms with Crippen LogP contribution in [-0.2, 0) is 9.53 Å². The molecule has 3 aromatic rings. The number of nitrogens with one attached hydrogen (secondary N) is 1. The zero-order chi connectivity index (χ0) is 25.4. The topological polar surface area (TPSA) is 90.9 Å². The van der Waals surface area contributed by atoms with E-state index in [0.717, 1.165) is 11.8 Å². The molecule has 1 atom stereocenters. The first kappa shape index (κ1) is 25.8. The van der Waals surface area contributed by atoms with Crippen molar-refractivity contribution in [3.63, 3.8) is 0 Å². The number of methoxy groups -OCH3 is 2. The predicted molar refractivity (Wildman–Crippen MR) is 131 cm³/mol. The zero-order valence-corrected chi connectivity index (χ0v) is 20.2. The summed E-state index contributed by atoms with van der Waals surface area (Å²) in [5.74, 6) is -0.998. The van der Waals surface area contributed by atoms with Crippen LogP contribution in [0.4, 0.5) is 10.1 Å². The average molecular weight is 498 g/mol. The Labute approximate surface area is 206 Å². The second-order valence-electron chi connectivity index (χ2n) is 7.32. The molecule has 1 amide bonds. The molecule has 0 heterocycles. The lowest BCUT2D eigenvalue weighted by atomic mass is 10.1. The van der Waals surface area contributed by atoms with Crippen molar-refractivity contribution >= 4 is 35.1 Å². The van der Waals surface area contributed by atoms with Crippen molar-refractivity contribution in [2.75, 3.05) is 25.3 Å². The van der Waals surface area contributed by atoms with Crippen molar-refractivity contribution in [2.24, 2.45) is 0 Å². The van der Waals surface area contributed by atoms with Gasteiger partial charge in [0.25, 0.3) is 0 Å². The normalized spacial score (nSPS) is 11.3. The number of amides is 1. The van der Waals surface area contributed by atoms with Crippen LogP contribution in [0, 0.1) is 5.82 Å². The number of halogens is 1. The smallest absolute Gasteiger partial charge is 0.339 e. The van der Waals surface area contributed by atoms with Crippen molar-refractivity contribution in [3.05, 3.63) is 83.7 Å². The number of anilines is 1. The number of benzene rings is 3. The number of ether oxygens (including phenoxy) is 3. The molecule has 7 nitrogen and oxygen atoms in total.